The van der Waals surface area contributed by atoms with Crippen LogP contribution in [0.4, 0.5) is 11.9 Å². The van der Waals surface area contributed by atoms with E-state index in [4.69, 9.17) is 0 Å². The number of nitrogens with one attached hydrogen (secondary N) is 2. The highest BCUT2D eigenvalue weighted by molar-refractivity contribution is 5.37. The third-order valence-corrected chi connectivity index (χ3v) is 2.32. The zero-order valence-electron chi connectivity index (χ0n) is 9.73. The Morgan fingerprint density at radius 1 is 1.19 bits per heavy atom. The smallest absolute Gasteiger partial charge is 0.226 e. The summed E-state index contributed by atoms with van der Waals surface area (Å²) >= 11 is 0. The molecule has 0 amide bonds. The van der Waals surface area contributed by atoms with Crippen molar-refractivity contribution in [2.75, 3.05) is 30.9 Å². The molecule has 0 unspecified atom stereocenters. The van der Waals surface area contributed by atoms with E-state index in [2.05, 4.69) is 20.2 Å². The van der Waals surface area contributed by atoms with Gasteiger partial charge in [-0.05, 0) is 12.1 Å². The fourth-order valence-corrected chi connectivity index (χ4v) is 1.41. The summed E-state index contributed by atoms with van der Waals surface area (Å²) in [6.45, 7) is 0.773. The lowest BCUT2D eigenvalue weighted by Gasteiger charge is -2.14. The highest BCUT2D eigenvalue weighted by atomic mass is 15.4. The summed E-state index contributed by atoms with van der Waals surface area (Å²) < 4.78 is 0. The van der Waals surface area contributed by atoms with Crippen molar-refractivity contribution in [1.29, 1.82) is 0 Å². The molecule has 0 radical (unpaired) electrons. The number of rotatable bonds is 4. The Labute approximate surface area is 94.3 Å². The van der Waals surface area contributed by atoms with Gasteiger partial charge in [0.25, 0.3) is 0 Å². The van der Waals surface area contributed by atoms with Crippen LogP contribution in [0.5, 0.6) is 0 Å². The summed E-state index contributed by atoms with van der Waals surface area (Å²) in [4.78, 5) is 10.2. The van der Waals surface area contributed by atoms with Gasteiger partial charge in [0.2, 0.25) is 11.9 Å². The van der Waals surface area contributed by atoms with Gasteiger partial charge in [-0.3, -0.25) is 4.98 Å². The largest absolute Gasteiger partial charge is 0.364 e. The molecule has 2 N–H and O–H groups in total. The van der Waals surface area contributed by atoms with Crippen LogP contribution in [0, 0.1) is 0 Å². The number of anilines is 2. The number of H-pyrrole nitrogens is 2. The minimum atomic E-state index is 0.758. The summed E-state index contributed by atoms with van der Waals surface area (Å²) in [5.41, 5.74) is 1.14. The van der Waals surface area contributed by atoms with Gasteiger partial charge in [0, 0.05) is 33.0 Å². The predicted molar refractivity (Wildman–Crippen MR) is 63.6 cm³/mol. The molecule has 86 valence electrons. The van der Waals surface area contributed by atoms with Gasteiger partial charge in [-0.15, -0.1) is 10.2 Å². The van der Waals surface area contributed by atoms with Gasteiger partial charge in [-0.25, -0.2) is 0 Å². The second-order valence-electron chi connectivity index (χ2n) is 3.92. The standard InChI is InChI=1S/C10H16N6/c1-15(2)9-12-10(14-13-9)16(3)7-8-5-4-6-11-8/h4-6,11H,7H2,1-3H3,(H,12,13,14). The first-order valence-electron chi connectivity index (χ1n) is 5.10. The molecule has 2 aromatic rings. The molecule has 6 nitrogen and oxygen atoms in total. The minimum absolute atomic E-state index is 0.758. The number of aromatic nitrogens is 4. The summed E-state index contributed by atoms with van der Waals surface area (Å²) in [6, 6.07) is 4.02. The molecule has 0 aromatic carbocycles. The van der Waals surface area contributed by atoms with Crippen molar-refractivity contribution in [3.8, 4) is 0 Å². The molecule has 0 bridgehead atoms. The van der Waals surface area contributed by atoms with Crippen LogP contribution in [0.2, 0.25) is 0 Å². The van der Waals surface area contributed by atoms with E-state index in [0.29, 0.717) is 0 Å². The lowest BCUT2D eigenvalue weighted by atomic mass is 10.4. The van der Waals surface area contributed by atoms with E-state index in [1.807, 2.05) is 49.3 Å². The molecular formula is C10H16N6. The van der Waals surface area contributed by atoms with Crippen molar-refractivity contribution >= 4 is 11.9 Å². The second kappa shape index (κ2) is 4.26. The highest BCUT2D eigenvalue weighted by Gasteiger charge is 2.09. The second-order valence-corrected chi connectivity index (χ2v) is 3.92. The lowest BCUT2D eigenvalue weighted by Crippen LogP contribution is -2.18. The fourth-order valence-electron chi connectivity index (χ4n) is 1.41. The molecule has 0 spiro atoms. The summed E-state index contributed by atoms with van der Waals surface area (Å²) in [5, 5.41) is 8.12. The maximum absolute atomic E-state index is 4.08. The van der Waals surface area contributed by atoms with Gasteiger partial charge in [0.15, 0.2) is 0 Å². The van der Waals surface area contributed by atoms with Crippen molar-refractivity contribution in [3.63, 3.8) is 0 Å². The number of hydrogen-bond donors (Lipinski definition) is 2. The number of hydrogen-bond acceptors (Lipinski definition) is 4. The Kier molecular flexibility index (Phi) is 2.80. The van der Waals surface area contributed by atoms with Crippen molar-refractivity contribution in [2.45, 2.75) is 6.54 Å². The van der Waals surface area contributed by atoms with E-state index in [1.165, 1.54) is 0 Å². The van der Waals surface area contributed by atoms with Crippen LogP contribution in [0.3, 0.4) is 0 Å². The average molecular weight is 220 g/mol. The van der Waals surface area contributed by atoms with Gasteiger partial charge in [-0.2, -0.15) is 0 Å². The molecule has 0 aliphatic heterocycles. The molecule has 2 rings (SSSR count). The quantitative estimate of drug-likeness (QED) is 0.801. The zero-order chi connectivity index (χ0) is 11.5. The molecule has 6 heteroatoms. The molecule has 0 saturated carbocycles. The van der Waals surface area contributed by atoms with Crippen LogP contribution < -0.4 is 9.80 Å². The first kappa shape index (κ1) is 10.5. The minimum Gasteiger partial charge on any atom is -0.364 e. The summed E-state index contributed by atoms with van der Waals surface area (Å²) in [5.74, 6) is 1.52. The molecule has 0 fully saturated rings. The van der Waals surface area contributed by atoms with Crippen molar-refractivity contribution < 1.29 is 0 Å². The Hall–Kier alpha value is -1.98. The molecule has 16 heavy (non-hydrogen) atoms. The third-order valence-electron chi connectivity index (χ3n) is 2.32. The molecule has 0 aliphatic rings. The first-order chi connectivity index (χ1) is 7.66. The van der Waals surface area contributed by atoms with Crippen molar-refractivity contribution in [3.05, 3.63) is 24.0 Å². The van der Waals surface area contributed by atoms with Crippen LogP contribution in [0.1, 0.15) is 5.69 Å². The number of aromatic amines is 2. The lowest BCUT2D eigenvalue weighted by molar-refractivity contribution is 0.851. The van der Waals surface area contributed by atoms with E-state index in [9.17, 15) is 0 Å². The van der Waals surface area contributed by atoms with Crippen LogP contribution in [0.25, 0.3) is 0 Å². The molecule has 2 heterocycles. The van der Waals surface area contributed by atoms with Crippen LogP contribution >= 0.6 is 0 Å². The third kappa shape index (κ3) is 2.16. The van der Waals surface area contributed by atoms with E-state index >= 15 is 0 Å². The first-order valence-corrected chi connectivity index (χ1v) is 5.10. The normalized spacial score (nSPS) is 10.4. The monoisotopic (exact) mass is 220 g/mol. The van der Waals surface area contributed by atoms with Crippen LogP contribution in [-0.2, 0) is 6.54 Å². The summed E-state index contributed by atoms with van der Waals surface area (Å²) in [7, 11) is 5.82. The zero-order valence-corrected chi connectivity index (χ0v) is 9.73. The maximum atomic E-state index is 4.08. The van der Waals surface area contributed by atoms with Gasteiger partial charge in [0.1, 0.15) is 0 Å². The SMILES string of the molecule is CN(C)c1nnc(N(C)Cc2ccc[nH]2)[nH]1. The Morgan fingerprint density at radius 2 is 1.94 bits per heavy atom. The van der Waals surface area contributed by atoms with Crippen LogP contribution in [0.15, 0.2) is 18.3 Å². The van der Waals surface area contributed by atoms with Crippen molar-refractivity contribution in [1.82, 2.24) is 20.2 Å². The van der Waals surface area contributed by atoms with Gasteiger partial charge < -0.3 is 14.8 Å². The van der Waals surface area contributed by atoms with Crippen LogP contribution in [-0.4, -0.2) is 41.3 Å². The summed E-state index contributed by atoms with van der Waals surface area (Å²) in [6.07, 6.45) is 1.91. The Morgan fingerprint density at radius 3 is 2.50 bits per heavy atom. The highest BCUT2D eigenvalue weighted by Crippen LogP contribution is 2.12. The molecule has 0 aliphatic carbocycles. The molecule has 0 saturated heterocycles. The van der Waals surface area contributed by atoms with Gasteiger partial charge in [0.05, 0.1) is 6.54 Å². The van der Waals surface area contributed by atoms with Gasteiger partial charge >= 0.3 is 0 Å². The molecule has 2 aromatic heterocycles. The fraction of sp³-hybridized carbons (Fsp3) is 0.400. The molecule has 0 atom stereocenters. The Balaban J connectivity index is 2.06. The van der Waals surface area contributed by atoms with E-state index < -0.39 is 0 Å². The van der Waals surface area contributed by atoms with E-state index in [1.54, 1.807) is 0 Å². The number of nitrogens with zero attached hydrogens (tertiary/aromatic N) is 4. The maximum Gasteiger partial charge on any atom is 0.226 e. The predicted octanol–water partition coefficient (Wildman–Crippen LogP) is 0.835. The topological polar surface area (TPSA) is 63.8 Å². The van der Waals surface area contributed by atoms with E-state index in [0.717, 1.165) is 24.1 Å². The van der Waals surface area contributed by atoms with Crippen molar-refractivity contribution in [2.24, 2.45) is 0 Å². The van der Waals surface area contributed by atoms with E-state index in [-0.39, 0.29) is 0 Å². The molecular weight excluding hydrogens is 204 g/mol. The van der Waals surface area contributed by atoms with Gasteiger partial charge in [-0.1, -0.05) is 0 Å². The average Bonchev–Trinajstić information content (AvgIpc) is 2.86. The Bertz CT molecular complexity index is 430.